The number of rotatable bonds is 6. The van der Waals surface area contributed by atoms with Crippen molar-refractivity contribution in [3.8, 4) is 5.75 Å². The zero-order chi connectivity index (χ0) is 11.1. The molecule has 0 aliphatic rings. The molecule has 0 fully saturated rings. The Morgan fingerprint density at radius 1 is 1.27 bits per heavy atom. The molecule has 2 nitrogen and oxygen atoms in total. The molecule has 84 valence electrons. The first-order valence-corrected chi connectivity index (χ1v) is 5.70. The van der Waals surface area contributed by atoms with Crippen molar-refractivity contribution in [2.24, 2.45) is 0 Å². The van der Waals surface area contributed by atoms with Gasteiger partial charge in [0.1, 0.15) is 5.75 Å². The van der Waals surface area contributed by atoms with Crippen molar-refractivity contribution in [1.82, 2.24) is 0 Å². The molecular weight excluding hydrogens is 233 g/mol. The lowest BCUT2D eigenvalue weighted by atomic mass is 10.3. The van der Waals surface area contributed by atoms with Gasteiger partial charge in [0.15, 0.2) is 0 Å². The first-order valence-electron chi connectivity index (χ1n) is 4.95. The zero-order valence-corrected chi connectivity index (χ0v) is 10.2. The van der Waals surface area contributed by atoms with Crippen molar-refractivity contribution < 1.29 is 4.74 Å². The molecular formula is C11H14Cl2NO-. The third-order valence-corrected chi connectivity index (χ3v) is 2.31. The van der Waals surface area contributed by atoms with Gasteiger partial charge in [-0.2, -0.15) is 0 Å². The molecule has 1 rings (SSSR count). The van der Waals surface area contributed by atoms with Crippen molar-refractivity contribution in [1.29, 1.82) is 0 Å². The molecule has 0 saturated heterocycles. The zero-order valence-electron chi connectivity index (χ0n) is 8.67. The highest BCUT2D eigenvalue weighted by Crippen LogP contribution is 2.27. The summed E-state index contributed by atoms with van der Waals surface area (Å²) < 4.78 is 5.45. The van der Waals surface area contributed by atoms with Crippen LogP contribution in [0.15, 0.2) is 18.2 Å². The molecule has 0 N–H and O–H groups in total. The molecule has 0 radical (unpaired) electrons. The van der Waals surface area contributed by atoms with Crippen LogP contribution in [-0.2, 0) is 0 Å². The number of hydrogen-bond acceptors (Lipinski definition) is 1. The van der Waals surface area contributed by atoms with Crippen molar-refractivity contribution in [3.63, 3.8) is 0 Å². The van der Waals surface area contributed by atoms with E-state index in [9.17, 15) is 0 Å². The Balaban J connectivity index is 2.31. The first-order chi connectivity index (χ1) is 7.24. The average molecular weight is 247 g/mol. The Kier molecular flexibility index (Phi) is 5.84. The molecule has 0 spiro atoms. The molecule has 0 unspecified atom stereocenters. The average Bonchev–Trinajstić information content (AvgIpc) is 2.20. The molecule has 4 heteroatoms. The Bertz CT molecular complexity index is 305. The number of benzene rings is 1. The van der Waals surface area contributed by atoms with Crippen molar-refractivity contribution in [2.45, 2.75) is 13.3 Å². The topological polar surface area (TPSA) is 23.3 Å². The van der Waals surface area contributed by atoms with Gasteiger partial charge in [-0.05, 0) is 18.2 Å². The van der Waals surface area contributed by atoms with Crippen LogP contribution in [0.2, 0.25) is 10.0 Å². The van der Waals surface area contributed by atoms with E-state index in [0.717, 1.165) is 13.0 Å². The van der Waals surface area contributed by atoms with Crippen molar-refractivity contribution in [2.75, 3.05) is 19.7 Å². The van der Waals surface area contributed by atoms with Gasteiger partial charge in [-0.25, -0.2) is 0 Å². The maximum absolute atomic E-state index is 5.93. The summed E-state index contributed by atoms with van der Waals surface area (Å²) in [4.78, 5) is 0. The van der Waals surface area contributed by atoms with Crippen molar-refractivity contribution >= 4 is 23.2 Å². The second-order valence-corrected chi connectivity index (χ2v) is 3.94. The van der Waals surface area contributed by atoms with E-state index in [-0.39, 0.29) is 0 Å². The summed E-state index contributed by atoms with van der Waals surface area (Å²) in [5, 5.41) is 5.41. The van der Waals surface area contributed by atoms with E-state index in [1.807, 2.05) is 0 Å². The smallest absolute Gasteiger partial charge is 0.137 e. The minimum absolute atomic E-state index is 0.540. The van der Waals surface area contributed by atoms with E-state index in [1.165, 1.54) is 0 Å². The Hall–Kier alpha value is -0.440. The highest BCUT2D eigenvalue weighted by molar-refractivity contribution is 6.35. The molecule has 0 aliphatic carbocycles. The fourth-order valence-electron chi connectivity index (χ4n) is 1.08. The van der Waals surface area contributed by atoms with Gasteiger partial charge >= 0.3 is 0 Å². The van der Waals surface area contributed by atoms with Crippen LogP contribution in [0.25, 0.3) is 5.32 Å². The van der Waals surface area contributed by atoms with Crippen LogP contribution in [0, 0.1) is 0 Å². The summed E-state index contributed by atoms with van der Waals surface area (Å²) in [6.07, 6.45) is 1.07. The second kappa shape index (κ2) is 6.94. The number of ether oxygens (including phenoxy) is 1. The standard InChI is InChI=1S/C11H14Cl2NO/c1-2-5-14-6-7-15-11-4-3-9(12)8-10(11)13/h3-4,8H,2,5-7H2,1H3/q-1. The summed E-state index contributed by atoms with van der Waals surface area (Å²) in [6, 6.07) is 5.19. The van der Waals surface area contributed by atoms with Gasteiger partial charge in [-0.3, -0.25) is 0 Å². The molecule has 1 aromatic rings. The summed E-state index contributed by atoms with van der Waals surface area (Å²) in [6.45, 7) is 4.24. The van der Waals surface area contributed by atoms with E-state index < -0.39 is 0 Å². The van der Waals surface area contributed by atoms with E-state index in [2.05, 4.69) is 12.2 Å². The van der Waals surface area contributed by atoms with Gasteiger partial charge < -0.3 is 10.1 Å². The molecule has 0 aromatic heterocycles. The molecule has 0 amide bonds. The van der Waals surface area contributed by atoms with E-state index in [1.54, 1.807) is 18.2 Å². The highest BCUT2D eigenvalue weighted by atomic mass is 35.5. The summed E-state index contributed by atoms with van der Waals surface area (Å²) in [5.74, 6) is 0.660. The first kappa shape index (κ1) is 12.6. The fourth-order valence-corrected chi connectivity index (χ4v) is 1.55. The van der Waals surface area contributed by atoms with Crippen LogP contribution >= 0.6 is 23.2 Å². The molecule has 0 heterocycles. The second-order valence-electron chi connectivity index (χ2n) is 3.09. The minimum atomic E-state index is 0.540. The third-order valence-electron chi connectivity index (χ3n) is 1.78. The largest absolute Gasteiger partial charge is 0.660 e. The predicted molar refractivity (Wildman–Crippen MR) is 65.3 cm³/mol. The highest BCUT2D eigenvalue weighted by Gasteiger charge is 2.00. The van der Waals surface area contributed by atoms with E-state index in [0.29, 0.717) is 28.9 Å². The SMILES string of the molecule is CCC[N-]CCOc1ccc(Cl)cc1Cl. The molecule has 0 bridgehead atoms. The van der Waals surface area contributed by atoms with Crippen LogP contribution in [-0.4, -0.2) is 19.7 Å². The molecule has 15 heavy (non-hydrogen) atoms. The Morgan fingerprint density at radius 3 is 2.73 bits per heavy atom. The maximum atomic E-state index is 5.93. The maximum Gasteiger partial charge on any atom is 0.137 e. The lowest BCUT2D eigenvalue weighted by Crippen LogP contribution is -2.03. The quantitative estimate of drug-likeness (QED) is 0.692. The van der Waals surface area contributed by atoms with Gasteiger partial charge in [0.2, 0.25) is 0 Å². The number of nitrogens with zero attached hydrogens (tertiary/aromatic N) is 1. The molecule has 0 atom stereocenters. The summed E-state index contributed by atoms with van der Waals surface area (Å²) >= 11 is 11.7. The fraction of sp³-hybridized carbons (Fsp3) is 0.455. The number of hydrogen-bond donors (Lipinski definition) is 0. The van der Waals surface area contributed by atoms with Crippen LogP contribution in [0.5, 0.6) is 5.75 Å². The predicted octanol–water partition coefficient (Wildman–Crippen LogP) is 4.16. The third kappa shape index (κ3) is 4.74. The van der Waals surface area contributed by atoms with Crippen LogP contribution in [0.4, 0.5) is 0 Å². The lowest BCUT2D eigenvalue weighted by molar-refractivity contribution is 0.334. The van der Waals surface area contributed by atoms with Gasteiger partial charge in [-0.15, -0.1) is 13.1 Å². The monoisotopic (exact) mass is 246 g/mol. The Morgan fingerprint density at radius 2 is 2.07 bits per heavy atom. The molecule has 0 aliphatic heterocycles. The molecule has 1 aromatic carbocycles. The van der Waals surface area contributed by atoms with Gasteiger partial charge in [0.05, 0.1) is 11.6 Å². The lowest BCUT2D eigenvalue weighted by Gasteiger charge is -2.17. The van der Waals surface area contributed by atoms with Crippen LogP contribution in [0.1, 0.15) is 13.3 Å². The van der Waals surface area contributed by atoms with Crippen LogP contribution in [0.3, 0.4) is 0 Å². The normalized spacial score (nSPS) is 10.3. The van der Waals surface area contributed by atoms with Gasteiger partial charge in [0, 0.05) is 5.02 Å². The molecule has 0 saturated carbocycles. The van der Waals surface area contributed by atoms with Gasteiger partial charge in [-0.1, -0.05) is 36.5 Å². The Labute approximate surface area is 101 Å². The minimum Gasteiger partial charge on any atom is -0.660 e. The van der Waals surface area contributed by atoms with Crippen molar-refractivity contribution in [3.05, 3.63) is 33.6 Å². The van der Waals surface area contributed by atoms with Crippen LogP contribution < -0.4 is 4.74 Å². The summed E-state index contributed by atoms with van der Waals surface area (Å²) in [7, 11) is 0. The van der Waals surface area contributed by atoms with E-state index >= 15 is 0 Å². The van der Waals surface area contributed by atoms with Gasteiger partial charge in [0.25, 0.3) is 0 Å². The summed E-state index contributed by atoms with van der Waals surface area (Å²) in [5.41, 5.74) is 0. The van der Waals surface area contributed by atoms with E-state index in [4.69, 9.17) is 27.9 Å². The number of halogens is 2.